The quantitative estimate of drug-likeness (QED) is 0.423. The van der Waals surface area contributed by atoms with Gasteiger partial charge in [0.15, 0.2) is 0 Å². The van der Waals surface area contributed by atoms with E-state index in [9.17, 15) is 23.1 Å². The lowest BCUT2D eigenvalue weighted by atomic mass is 10.2. The van der Waals surface area contributed by atoms with Gasteiger partial charge in [-0.15, -0.1) is 0 Å². The van der Waals surface area contributed by atoms with E-state index in [1.54, 1.807) is 12.1 Å². The Labute approximate surface area is 163 Å². The zero-order chi connectivity index (χ0) is 19.3. The zero-order valence-corrected chi connectivity index (χ0v) is 16.1. The summed E-state index contributed by atoms with van der Waals surface area (Å²) in [4.78, 5) is 11.7. The first-order chi connectivity index (χ1) is 12.2. The van der Waals surface area contributed by atoms with Crippen LogP contribution in [0.15, 0.2) is 50.4 Å². The number of phenolic OH excluding ortho intramolecular Hbond substituents is 1. The van der Waals surface area contributed by atoms with E-state index in [-0.39, 0.29) is 18.0 Å². The lowest BCUT2D eigenvalue weighted by Crippen LogP contribution is -2.26. The standard InChI is InChI=1S/C16H12Br2F3N3O2/c17-11-4-9(15(26)13(18)6-11)7-23-24-14(25)8-22-12-3-1-2-10(5-12)16(19,20)21/h1-7,22,26H,8H2,(H,24,25)/b23-7-. The lowest BCUT2D eigenvalue weighted by Gasteiger charge is -2.10. The van der Waals surface area contributed by atoms with Crippen molar-refractivity contribution in [1.29, 1.82) is 0 Å². The van der Waals surface area contributed by atoms with Gasteiger partial charge < -0.3 is 10.4 Å². The van der Waals surface area contributed by atoms with Crippen LogP contribution in [0.4, 0.5) is 18.9 Å². The minimum Gasteiger partial charge on any atom is -0.506 e. The monoisotopic (exact) mass is 493 g/mol. The highest BCUT2D eigenvalue weighted by atomic mass is 79.9. The van der Waals surface area contributed by atoms with Crippen LogP contribution in [0.2, 0.25) is 0 Å². The molecule has 0 spiro atoms. The van der Waals surface area contributed by atoms with Gasteiger partial charge in [0, 0.05) is 15.7 Å². The molecule has 138 valence electrons. The van der Waals surface area contributed by atoms with Crippen LogP contribution < -0.4 is 10.7 Å². The number of aromatic hydroxyl groups is 1. The summed E-state index contributed by atoms with van der Waals surface area (Å²) in [6.45, 7) is -0.271. The smallest absolute Gasteiger partial charge is 0.416 e. The molecule has 0 unspecified atom stereocenters. The Morgan fingerprint density at radius 2 is 1.96 bits per heavy atom. The van der Waals surface area contributed by atoms with E-state index in [1.165, 1.54) is 18.3 Å². The second-order valence-corrected chi connectivity index (χ2v) is 6.82. The van der Waals surface area contributed by atoms with Crippen molar-refractivity contribution in [1.82, 2.24) is 5.43 Å². The van der Waals surface area contributed by atoms with E-state index in [1.807, 2.05) is 0 Å². The highest BCUT2D eigenvalue weighted by Crippen LogP contribution is 2.31. The number of benzene rings is 2. The number of hydrazone groups is 1. The number of alkyl halides is 3. The van der Waals surface area contributed by atoms with Crippen LogP contribution in [0.1, 0.15) is 11.1 Å². The van der Waals surface area contributed by atoms with Crippen LogP contribution in [0, 0.1) is 0 Å². The number of hydrogen-bond donors (Lipinski definition) is 3. The third-order valence-corrected chi connectivity index (χ3v) is 4.16. The molecule has 2 aromatic rings. The summed E-state index contributed by atoms with van der Waals surface area (Å²) in [5.41, 5.74) is 1.93. The first kappa shape index (κ1) is 20.2. The van der Waals surface area contributed by atoms with Gasteiger partial charge >= 0.3 is 6.18 Å². The van der Waals surface area contributed by atoms with Gasteiger partial charge in [-0.2, -0.15) is 18.3 Å². The molecule has 0 atom stereocenters. The summed E-state index contributed by atoms with van der Waals surface area (Å²) in [5.74, 6) is -0.611. The molecule has 0 aliphatic rings. The minimum absolute atomic E-state index is 0.0479. The predicted octanol–water partition coefficient (Wildman–Crippen LogP) is 4.50. The summed E-state index contributed by atoms with van der Waals surface area (Å²) in [7, 11) is 0. The SMILES string of the molecule is O=C(CNc1cccc(C(F)(F)F)c1)N/N=C\c1cc(Br)cc(Br)c1O. The summed E-state index contributed by atoms with van der Waals surface area (Å²) in [6.07, 6.45) is -3.21. The van der Waals surface area contributed by atoms with Crippen LogP contribution in [0.5, 0.6) is 5.75 Å². The second kappa shape index (κ2) is 8.54. The zero-order valence-electron chi connectivity index (χ0n) is 12.9. The number of phenols is 1. The summed E-state index contributed by atoms with van der Waals surface area (Å²) in [5, 5.41) is 16.1. The fraction of sp³-hybridized carbons (Fsp3) is 0.125. The molecule has 0 saturated carbocycles. The number of carbonyl (C=O) groups is 1. The molecule has 3 N–H and O–H groups in total. The third kappa shape index (κ3) is 5.73. The molecule has 0 saturated heterocycles. The Morgan fingerprint density at radius 1 is 1.23 bits per heavy atom. The van der Waals surface area contributed by atoms with E-state index in [0.717, 1.165) is 12.1 Å². The molecule has 0 fully saturated rings. The Bertz CT molecular complexity index is 842. The molecule has 0 radical (unpaired) electrons. The number of hydrogen-bond acceptors (Lipinski definition) is 4. The van der Waals surface area contributed by atoms with E-state index in [2.05, 4.69) is 47.7 Å². The molecule has 5 nitrogen and oxygen atoms in total. The number of amides is 1. The molecule has 0 aliphatic carbocycles. The molecule has 0 aliphatic heterocycles. The number of nitrogens with one attached hydrogen (secondary N) is 2. The van der Waals surface area contributed by atoms with Crippen molar-refractivity contribution in [2.24, 2.45) is 5.10 Å². The minimum atomic E-state index is -4.45. The molecule has 0 heterocycles. The van der Waals surface area contributed by atoms with Gasteiger partial charge in [-0.1, -0.05) is 22.0 Å². The van der Waals surface area contributed by atoms with Crippen LogP contribution in [0.3, 0.4) is 0 Å². The molecular weight excluding hydrogens is 483 g/mol. The first-order valence-electron chi connectivity index (χ1n) is 7.08. The average Bonchev–Trinajstić information content (AvgIpc) is 2.56. The van der Waals surface area contributed by atoms with Gasteiger partial charge in [0.25, 0.3) is 5.91 Å². The number of rotatable bonds is 5. The van der Waals surface area contributed by atoms with Crippen LogP contribution in [-0.2, 0) is 11.0 Å². The maximum atomic E-state index is 12.6. The van der Waals surface area contributed by atoms with Crippen molar-refractivity contribution in [3.63, 3.8) is 0 Å². The van der Waals surface area contributed by atoms with Gasteiger partial charge in [0.05, 0.1) is 22.8 Å². The van der Waals surface area contributed by atoms with E-state index in [4.69, 9.17) is 0 Å². The number of anilines is 1. The topological polar surface area (TPSA) is 73.7 Å². The van der Waals surface area contributed by atoms with Crippen LogP contribution in [0.25, 0.3) is 0 Å². The molecule has 0 aromatic heterocycles. The summed E-state index contributed by atoms with van der Waals surface area (Å²) >= 11 is 6.43. The maximum absolute atomic E-state index is 12.6. The summed E-state index contributed by atoms with van der Waals surface area (Å²) in [6, 6.07) is 7.75. The van der Waals surface area contributed by atoms with E-state index < -0.39 is 17.6 Å². The Balaban J connectivity index is 1.92. The van der Waals surface area contributed by atoms with Crippen molar-refractivity contribution in [2.75, 3.05) is 11.9 Å². The van der Waals surface area contributed by atoms with Gasteiger partial charge in [0.2, 0.25) is 0 Å². The second-order valence-electron chi connectivity index (χ2n) is 5.05. The van der Waals surface area contributed by atoms with Crippen molar-refractivity contribution < 1.29 is 23.1 Å². The highest BCUT2D eigenvalue weighted by molar-refractivity contribution is 9.11. The lowest BCUT2D eigenvalue weighted by molar-refractivity contribution is -0.137. The highest BCUT2D eigenvalue weighted by Gasteiger charge is 2.30. The Hall–Kier alpha value is -2.07. The number of carbonyl (C=O) groups excluding carboxylic acids is 1. The van der Waals surface area contributed by atoms with Gasteiger partial charge in [-0.25, -0.2) is 5.43 Å². The molecule has 0 bridgehead atoms. The van der Waals surface area contributed by atoms with E-state index in [0.29, 0.717) is 14.5 Å². The van der Waals surface area contributed by atoms with Crippen molar-refractivity contribution in [3.05, 3.63) is 56.5 Å². The number of nitrogens with zero attached hydrogens (tertiary/aromatic N) is 1. The third-order valence-electron chi connectivity index (χ3n) is 3.09. The van der Waals surface area contributed by atoms with Crippen LogP contribution in [-0.4, -0.2) is 23.8 Å². The average molecular weight is 495 g/mol. The fourth-order valence-corrected chi connectivity index (χ4v) is 3.14. The molecule has 10 heteroatoms. The molecule has 1 amide bonds. The van der Waals surface area contributed by atoms with Crippen molar-refractivity contribution >= 4 is 49.7 Å². The molecule has 26 heavy (non-hydrogen) atoms. The maximum Gasteiger partial charge on any atom is 0.416 e. The van der Waals surface area contributed by atoms with Gasteiger partial charge in [0.1, 0.15) is 5.75 Å². The van der Waals surface area contributed by atoms with Gasteiger partial charge in [-0.3, -0.25) is 4.79 Å². The molecule has 2 aromatic carbocycles. The first-order valence-corrected chi connectivity index (χ1v) is 8.66. The Morgan fingerprint density at radius 3 is 2.65 bits per heavy atom. The van der Waals surface area contributed by atoms with Crippen molar-refractivity contribution in [3.8, 4) is 5.75 Å². The summed E-state index contributed by atoms with van der Waals surface area (Å²) < 4.78 is 39.0. The van der Waals surface area contributed by atoms with Crippen LogP contribution >= 0.6 is 31.9 Å². The largest absolute Gasteiger partial charge is 0.506 e. The predicted molar refractivity (Wildman–Crippen MR) is 99.2 cm³/mol. The molecule has 2 rings (SSSR count). The Kier molecular flexibility index (Phi) is 6.65. The fourth-order valence-electron chi connectivity index (χ4n) is 1.89. The normalized spacial score (nSPS) is 11.6. The number of halogens is 5. The van der Waals surface area contributed by atoms with E-state index >= 15 is 0 Å². The molecular formula is C16H12Br2F3N3O2. The van der Waals surface area contributed by atoms with Gasteiger partial charge in [-0.05, 0) is 46.3 Å². The van der Waals surface area contributed by atoms with Crippen molar-refractivity contribution in [2.45, 2.75) is 6.18 Å².